The predicted octanol–water partition coefficient (Wildman–Crippen LogP) is 8.10. The number of unbranched alkanes of at least 4 members (excludes halogenated alkanes) is 15. The highest BCUT2D eigenvalue weighted by atomic mass is 31.2. The molecule has 0 saturated carbocycles. The first-order valence-electron chi connectivity index (χ1n) is 14.4. The summed E-state index contributed by atoms with van der Waals surface area (Å²) in [6.07, 6.45) is 31.3. The van der Waals surface area contributed by atoms with Crippen LogP contribution in [0.5, 0.6) is 0 Å². The van der Waals surface area contributed by atoms with Crippen LogP contribution in [0.3, 0.4) is 0 Å². The maximum atomic E-state index is 11.8. The summed E-state index contributed by atoms with van der Waals surface area (Å²) in [4.78, 5) is 19.2. The van der Waals surface area contributed by atoms with E-state index in [0.717, 1.165) is 32.1 Å². The number of quaternary nitrogens is 1. The Kier molecular flexibility index (Phi) is 20.3. The number of hydrogen-bond donors (Lipinski definition) is 3. The van der Waals surface area contributed by atoms with Crippen LogP contribution in [0.25, 0.3) is 0 Å². The minimum Gasteiger partial charge on any atom is -0.373 e. The van der Waals surface area contributed by atoms with Crippen molar-refractivity contribution in [2.45, 2.75) is 134 Å². The average Bonchev–Trinajstić information content (AvgIpc) is 2.75. The van der Waals surface area contributed by atoms with E-state index >= 15 is 0 Å². The van der Waals surface area contributed by atoms with Crippen LogP contribution in [-0.2, 0) is 4.57 Å². The Morgan fingerprint density at radius 2 is 0.971 bits per heavy atom. The molecule has 1 unspecified atom stereocenters. The van der Waals surface area contributed by atoms with E-state index in [1.165, 1.54) is 77.0 Å². The van der Waals surface area contributed by atoms with Crippen LogP contribution in [0, 0.1) is 0 Å². The molecular weight excluding hydrogens is 457 g/mol. The van der Waals surface area contributed by atoms with Gasteiger partial charge in [0.05, 0.1) is 21.1 Å². The second-order valence-corrected chi connectivity index (χ2v) is 13.3. The fourth-order valence-electron chi connectivity index (χ4n) is 4.49. The summed E-state index contributed by atoms with van der Waals surface area (Å²) in [6.45, 7) is 2.32. The third-order valence-electron chi connectivity index (χ3n) is 6.52. The summed E-state index contributed by atoms with van der Waals surface area (Å²) < 4.78 is 12.1. The van der Waals surface area contributed by atoms with Crippen molar-refractivity contribution in [3.8, 4) is 0 Å². The quantitative estimate of drug-likeness (QED) is 0.0524. The van der Waals surface area contributed by atoms with Crippen molar-refractivity contribution in [2.24, 2.45) is 0 Å². The molecule has 0 amide bonds. The molecular formula is C29H59NO4P+. The van der Waals surface area contributed by atoms with Gasteiger partial charge in [-0.3, -0.25) is 4.57 Å². The summed E-state index contributed by atoms with van der Waals surface area (Å²) >= 11 is 0. The van der Waals surface area contributed by atoms with Crippen molar-refractivity contribution in [2.75, 3.05) is 27.7 Å². The van der Waals surface area contributed by atoms with Crippen LogP contribution in [0.1, 0.15) is 129 Å². The standard InChI is InChI=1S/C29H58NO4P/c1-5-6-7-8-9-10-11-12-13-14-15-16-17-18-19-20-21-22-23-24-25-26-27-29(31,35(32,33)34)28-30(2,3)4/h12-13,20-21,31H,5-11,14-19,22-28H2,1-4H3,(H-,32,33,34)/p+1/b13-12-,21-20-. The fraction of sp³-hybridized carbons (Fsp3) is 0.862. The SMILES string of the molecule is CCCCCCCC/C=C\CCCCCC/C=C\CCCCCCC(O)(C[N+](C)(C)C)P(=O)(O)O. The van der Waals surface area contributed by atoms with Gasteiger partial charge < -0.3 is 19.4 Å². The predicted molar refractivity (Wildman–Crippen MR) is 152 cm³/mol. The normalized spacial score (nSPS) is 14.8. The van der Waals surface area contributed by atoms with Gasteiger partial charge in [-0.05, 0) is 64.2 Å². The van der Waals surface area contributed by atoms with E-state index in [4.69, 9.17) is 0 Å². The number of hydrogen-bond acceptors (Lipinski definition) is 2. The highest BCUT2D eigenvalue weighted by Crippen LogP contribution is 2.52. The van der Waals surface area contributed by atoms with E-state index in [-0.39, 0.29) is 13.0 Å². The van der Waals surface area contributed by atoms with E-state index in [1.54, 1.807) is 0 Å². The van der Waals surface area contributed by atoms with Gasteiger partial charge in [-0.2, -0.15) is 0 Å². The summed E-state index contributed by atoms with van der Waals surface area (Å²) in [5.74, 6) is 0. The number of aliphatic hydroxyl groups is 1. The Labute approximate surface area is 217 Å². The third-order valence-corrected chi connectivity index (χ3v) is 7.97. The second-order valence-electron chi connectivity index (χ2n) is 11.4. The first kappa shape index (κ1) is 34.6. The van der Waals surface area contributed by atoms with Crippen LogP contribution in [-0.4, -0.2) is 52.4 Å². The van der Waals surface area contributed by atoms with Gasteiger partial charge in [0.2, 0.25) is 5.34 Å². The first-order chi connectivity index (χ1) is 16.5. The first-order valence-corrected chi connectivity index (χ1v) is 16.0. The monoisotopic (exact) mass is 516 g/mol. The van der Waals surface area contributed by atoms with Crippen molar-refractivity contribution in [3.05, 3.63) is 24.3 Å². The molecule has 35 heavy (non-hydrogen) atoms. The molecule has 0 aromatic rings. The molecule has 0 spiro atoms. The molecule has 5 nitrogen and oxygen atoms in total. The maximum absolute atomic E-state index is 11.8. The topological polar surface area (TPSA) is 77.8 Å². The van der Waals surface area contributed by atoms with Crippen LogP contribution in [0.15, 0.2) is 24.3 Å². The molecule has 1 atom stereocenters. The zero-order valence-electron chi connectivity index (χ0n) is 23.6. The Morgan fingerprint density at radius 3 is 1.31 bits per heavy atom. The van der Waals surface area contributed by atoms with Crippen molar-refractivity contribution >= 4 is 7.60 Å². The van der Waals surface area contributed by atoms with E-state index in [2.05, 4.69) is 31.2 Å². The van der Waals surface area contributed by atoms with Crippen molar-refractivity contribution < 1.29 is 23.9 Å². The molecule has 0 aliphatic heterocycles. The van der Waals surface area contributed by atoms with Crippen molar-refractivity contribution in [3.63, 3.8) is 0 Å². The lowest BCUT2D eigenvalue weighted by Gasteiger charge is -2.35. The molecule has 0 rings (SSSR count). The molecule has 0 aliphatic carbocycles. The van der Waals surface area contributed by atoms with Gasteiger partial charge in [-0.1, -0.05) is 89.0 Å². The molecule has 0 aromatic carbocycles. The minimum atomic E-state index is -4.56. The summed E-state index contributed by atoms with van der Waals surface area (Å²) in [6, 6.07) is 0. The van der Waals surface area contributed by atoms with Crippen LogP contribution < -0.4 is 0 Å². The zero-order chi connectivity index (χ0) is 26.5. The van der Waals surface area contributed by atoms with Crippen LogP contribution in [0.2, 0.25) is 0 Å². The molecule has 0 fully saturated rings. The zero-order valence-corrected chi connectivity index (χ0v) is 24.5. The number of nitrogens with zero attached hydrogens (tertiary/aromatic N) is 1. The summed E-state index contributed by atoms with van der Waals surface area (Å²) in [5.41, 5.74) is 0. The van der Waals surface area contributed by atoms with Crippen molar-refractivity contribution in [1.29, 1.82) is 0 Å². The van der Waals surface area contributed by atoms with Gasteiger partial charge in [-0.15, -0.1) is 0 Å². The molecule has 0 radical (unpaired) electrons. The van der Waals surface area contributed by atoms with Crippen LogP contribution in [0.4, 0.5) is 0 Å². The van der Waals surface area contributed by atoms with Gasteiger partial charge in [0, 0.05) is 0 Å². The molecule has 0 aliphatic rings. The Morgan fingerprint density at radius 1 is 0.629 bits per heavy atom. The summed E-state index contributed by atoms with van der Waals surface area (Å²) in [5, 5.41) is 8.63. The van der Waals surface area contributed by atoms with Gasteiger partial charge in [0.1, 0.15) is 6.54 Å². The highest BCUT2D eigenvalue weighted by molar-refractivity contribution is 7.53. The Balaban J connectivity index is 3.60. The summed E-state index contributed by atoms with van der Waals surface area (Å²) in [7, 11) is 0.953. The lowest BCUT2D eigenvalue weighted by atomic mass is 10.1. The number of likely N-dealkylation sites (N-methyl/N-ethyl adjacent to an activating group) is 1. The van der Waals surface area contributed by atoms with Gasteiger partial charge >= 0.3 is 7.60 Å². The molecule has 0 bridgehead atoms. The Bertz CT molecular complexity index is 594. The van der Waals surface area contributed by atoms with Gasteiger partial charge in [0.25, 0.3) is 0 Å². The van der Waals surface area contributed by atoms with Crippen molar-refractivity contribution in [1.82, 2.24) is 0 Å². The minimum absolute atomic E-state index is 0.0516. The van der Waals surface area contributed by atoms with E-state index < -0.39 is 12.9 Å². The van der Waals surface area contributed by atoms with E-state index in [1.807, 2.05) is 21.1 Å². The van der Waals surface area contributed by atoms with E-state index in [0.29, 0.717) is 10.9 Å². The lowest BCUT2D eigenvalue weighted by molar-refractivity contribution is -0.875. The van der Waals surface area contributed by atoms with Gasteiger partial charge in [0.15, 0.2) is 0 Å². The molecule has 208 valence electrons. The Hall–Kier alpha value is -0.450. The second kappa shape index (κ2) is 20.6. The largest absolute Gasteiger partial charge is 0.373 e. The fourth-order valence-corrected chi connectivity index (χ4v) is 5.55. The molecule has 0 saturated heterocycles. The smallest absolute Gasteiger partial charge is 0.362 e. The van der Waals surface area contributed by atoms with Crippen LogP contribution >= 0.6 is 7.60 Å². The molecule has 0 aromatic heterocycles. The lowest BCUT2D eigenvalue weighted by Crippen LogP contribution is -2.49. The van der Waals surface area contributed by atoms with Gasteiger partial charge in [-0.25, -0.2) is 0 Å². The number of rotatable bonds is 24. The molecule has 0 heterocycles. The highest BCUT2D eigenvalue weighted by Gasteiger charge is 2.48. The maximum Gasteiger partial charge on any atom is 0.362 e. The number of allylic oxidation sites excluding steroid dienone is 4. The average molecular weight is 517 g/mol. The molecule has 6 heteroatoms. The van der Waals surface area contributed by atoms with E-state index in [9.17, 15) is 19.5 Å². The molecule has 3 N–H and O–H groups in total. The third kappa shape index (κ3) is 21.4.